The van der Waals surface area contributed by atoms with Gasteiger partial charge >= 0.3 is 6.18 Å². The summed E-state index contributed by atoms with van der Waals surface area (Å²) in [6.07, 6.45) is -4.51. The third-order valence-electron chi connectivity index (χ3n) is 2.79. The highest BCUT2D eigenvalue weighted by atomic mass is 19.4. The van der Waals surface area contributed by atoms with Crippen molar-refractivity contribution in [3.8, 4) is 0 Å². The molecule has 0 unspecified atom stereocenters. The van der Waals surface area contributed by atoms with Crippen LogP contribution in [0.2, 0.25) is 0 Å². The van der Waals surface area contributed by atoms with Crippen LogP contribution >= 0.6 is 0 Å². The molecule has 1 aromatic heterocycles. The van der Waals surface area contributed by atoms with Crippen LogP contribution in [-0.4, -0.2) is 28.2 Å². The van der Waals surface area contributed by atoms with Crippen LogP contribution in [0.3, 0.4) is 0 Å². The molecule has 0 radical (unpaired) electrons. The summed E-state index contributed by atoms with van der Waals surface area (Å²) in [5, 5.41) is 22.9. The summed E-state index contributed by atoms with van der Waals surface area (Å²) in [4.78, 5) is 10.0. The van der Waals surface area contributed by atoms with Crippen LogP contribution < -0.4 is 10.6 Å². The lowest BCUT2D eigenvalue weighted by molar-refractivity contribution is -0.384. The molecule has 0 spiro atoms. The average molecular weight is 327 g/mol. The Hall–Kier alpha value is -2.91. The summed E-state index contributed by atoms with van der Waals surface area (Å²) >= 11 is 0. The minimum Gasteiger partial charge on any atom is -0.383 e. The number of hydrogen-bond donors (Lipinski definition) is 2. The van der Waals surface area contributed by atoms with Crippen molar-refractivity contribution in [1.82, 2.24) is 10.2 Å². The average Bonchev–Trinajstić information content (AvgIpc) is 2.51. The third kappa shape index (κ3) is 4.80. The second kappa shape index (κ2) is 6.90. The molecule has 0 fully saturated rings. The van der Waals surface area contributed by atoms with Crippen molar-refractivity contribution >= 4 is 17.2 Å². The van der Waals surface area contributed by atoms with E-state index in [0.29, 0.717) is 18.8 Å². The Bertz CT molecular complexity index is 659. The molecule has 0 saturated carbocycles. The van der Waals surface area contributed by atoms with Gasteiger partial charge in [0.1, 0.15) is 5.82 Å². The first-order chi connectivity index (χ1) is 10.9. The Labute approximate surface area is 128 Å². The molecule has 0 amide bonds. The Morgan fingerprint density at radius 1 is 1.00 bits per heavy atom. The van der Waals surface area contributed by atoms with E-state index in [1.54, 1.807) is 12.1 Å². The van der Waals surface area contributed by atoms with Crippen LogP contribution in [0.15, 0.2) is 36.4 Å². The largest absolute Gasteiger partial charge is 0.435 e. The third-order valence-corrected chi connectivity index (χ3v) is 2.79. The van der Waals surface area contributed by atoms with Crippen LogP contribution in [-0.2, 0) is 6.18 Å². The van der Waals surface area contributed by atoms with Gasteiger partial charge in [-0.05, 0) is 24.3 Å². The standard InChI is InChI=1S/C13H12F3N5O2/c14-13(15,16)11-5-6-12(20-19-11)18-8-7-17-9-1-3-10(4-2-9)21(22)23/h1-6,17H,7-8H2,(H,18,20). The summed E-state index contributed by atoms with van der Waals surface area (Å²) in [5.74, 6) is 0.225. The van der Waals surface area contributed by atoms with Gasteiger partial charge in [-0.3, -0.25) is 10.1 Å². The Morgan fingerprint density at radius 2 is 1.65 bits per heavy atom. The van der Waals surface area contributed by atoms with Crippen molar-refractivity contribution in [3.63, 3.8) is 0 Å². The van der Waals surface area contributed by atoms with E-state index in [4.69, 9.17) is 0 Å². The van der Waals surface area contributed by atoms with Crippen molar-refractivity contribution in [2.24, 2.45) is 0 Å². The van der Waals surface area contributed by atoms with Gasteiger partial charge in [0.25, 0.3) is 5.69 Å². The minimum absolute atomic E-state index is 0.00583. The lowest BCUT2D eigenvalue weighted by Crippen LogP contribution is -2.15. The first kappa shape index (κ1) is 16.5. The number of alkyl halides is 3. The summed E-state index contributed by atoms with van der Waals surface area (Å²) < 4.78 is 37.0. The maximum atomic E-state index is 12.3. The highest BCUT2D eigenvalue weighted by molar-refractivity contribution is 5.48. The smallest absolute Gasteiger partial charge is 0.383 e. The topological polar surface area (TPSA) is 93.0 Å². The lowest BCUT2D eigenvalue weighted by Gasteiger charge is -2.09. The van der Waals surface area contributed by atoms with Gasteiger partial charge < -0.3 is 10.6 Å². The van der Waals surface area contributed by atoms with Gasteiger partial charge in [0, 0.05) is 30.9 Å². The van der Waals surface area contributed by atoms with Gasteiger partial charge in [-0.25, -0.2) is 0 Å². The Morgan fingerprint density at radius 3 is 2.17 bits per heavy atom. The van der Waals surface area contributed by atoms with E-state index >= 15 is 0 Å². The van der Waals surface area contributed by atoms with Crippen LogP contribution in [0, 0.1) is 10.1 Å². The lowest BCUT2D eigenvalue weighted by atomic mass is 10.3. The highest BCUT2D eigenvalue weighted by Crippen LogP contribution is 2.27. The zero-order valence-electron chi connectivity index (χ0n) is 11.7. The summed E-state index contributed by atoms with van der Waals surface area (Å²) in [7, 11) is 0. The molecule has 0 bridgehead atoms. The molecular weight excluding hydrogens is 315 g/mol. The first-order valence-electron chi connectivity index (χ1n) is 6.49. The van der Waals surface area contributed by atoms with Gasteiger partial charge in [0.15, 0.2) is 5.69 Å². The molecule has 2 N–H and O–H groups in total. The summed E-state index contributed by atoms with van der Waals surface area (Å²) in [6, 6.07) is 7.92. The molecule has 7 nitrogen and oxygen atoms in total. The first-order valence-corrected chi connectivity index (χ1v) is 6.49. The molecule has 0 aliphatic rings. The SMILES string of the molecule is O=[N+]([O-])c1ccc(NCCNc2ccc(C(F)(F)F)nn2)cc1. The van der Waals surface area contributed by atoms with Crippen LogP contribution in [0.25, 0.3) is 0 Å². The molecule has 10 heteroatoms. The second-order valence-corrected chi connectivity index (χ2v) is 4.46. The highest BCUT2D eigenvalue weighted by Gasteiger charge is 2.32. The van der Waals surface area contributed by atoms with Crippen molar-refractivity contribution in [2.75, 3.05) is 23.7 Å². The minimum atomic E-state index is -4.51. The van der Waals surface area contributed by atoms with E-state index in [9.17, 15) is 23.3 Å². The molecule has 1 heterocycles. The van der Waals surface area contributed by atoms with E-state index in [2.05, 4.69) is 20.8 Å². The van der Waals surface area contributed by atoms with Gasteiger partial charge in [-0.1, -0.05) is 0 Å². The summed E-state index contributed by atoms with van der Waals surface area (Å²) in [6.45, 7) is 0.831. The molecule has 122 valence electrons. The number of rotatable bonds is 6. The van der Waals surface area contributed by atoms with E-state index in [0.717, 1.165) is 6.07 Å². The monoisotopic (exact) mass is 327 g/mol. The zero-order valence-corrected chi connectivity index (χ0v) is 11.7. The van der Waals surface area contributed by atoms with E-state index in [1.807, 2.05) is 0 Å². The molecule has 1 aromatic carbocycles. The maximum Gasteiger partial charge on any atom is 0.435 e. The number of hydrogen-bond acceptors (Lipinski definition) is 6. The van der Waals surface area contributed by atoms with Crippen molar-refractivity contribution in [3.05, 3.63) is 52.2 Å². The van der Waals surface area contributed by atoms with Gasteiger partial charge in [0.05, 0.1) is 4.92 Å². The van der Waals surface area contributed by atoms with Gasteiger partial charge in [0.2, 0.25) is 0 Å². The number of nitro benzene ring substituents is 1. The van der Waals surface area contributed by atoms with Crippen LogP contribution in [0.1, 0.15) is 5.69 Å². The summed E-state index contributed by atoms with van der Waals surface area (Å²) in [5.41, 5.74) is -0.364. The fourth-order valence-corrected chi connectivity index (χ4v) is 1.68. The molecule has 0 atom stereocenters. The number of nitro groups is 1. The number of nitrogens with zero attached hydrogens (tertiary/aromatic N) is 3. The molecule has 23 heavy (non-hydrogen) atoms. The number of halogens is 3. The van der Waals surface area contributed by atoms with E-state index in [-0.39, 0.29) is 11.5 Å². The molecule has 2 rings (SSSR count). The normalized spacial score (nSPS) is 11.1. The molecule has 0 saturated heterocycles. The van der Waals surface area contributed by atoms with Crippen molar-refractivity contribution < 1.29 is 18.1 Å². The number of nitrogens with one attached hydrogen (secondary N) is 2. The molecular formula is C13H12F3N5O2. The second-order valence-electron chi connectivity index (χ2n) is 4.46. The van der Waals surface area contributed by atoms with Crippen molar-refractivity contribution in [2.45, 2.75) is 6.18 Å². The predicted molar refractivity (Wildman–Crippen MR) is 77.1 cm³/mol. The van der Waals surface area contributed by atoms with Crippen LogP contribution in [0.4, 0.5) is 30.4 Å². The zero-order chi connectivity index (χ0) is 16.9. The fourth-order valence-electron chi connectivity index (χ4n) is 1.68. The number of non-ortho nitro benzene ring substituents is 1. The Kier molecular flexibility index (Phi) is 4.94. The van der Waals surface area contributed by atoms with Crippen LogP contribution in [0.5, 0.6) is 0 Å². The van der Waals surface area contributed by atoms with E-state index < -0.39 is 16.8 Å². The number of benzene rings is 1. The van der Waals surface area contributed by atoms with E-state index in [1.165, 1.54) is 18.2 Å². The van der Waals surface area contributed by atoms with Gasteiger partial charge in [-0.15, -0.1) is 10.2 Å². The fraction of sp³-hybridized carbons (Fsp3) is 0.231. The molecule has 2 aromatic rings. The number of anilines is 2. The number of aromatic nitrogens is 2. The maximum absolute atomic E-state index is 12.3. The molecule has 0 aliphatic carbocycles. The molecule has 0 aliphatic heterocycles. The quantitative estimate of drug-likeness (QED) is 0.481. The van der Waals surface area contributed by atoms with Gasteiger partial charge in [-0.2, -0.15) is 13.2 Å². The Balaban J connectivity index is 1.78. The van der Waals surface area contributed by atoms with Crippen molar-refractivity contribution in [1.29, 1.82) is 0 Å². The predicted octanol–water partition coefficient (Wildman–Crippen LogP) is 2.93.